The smallest absolute Gasteiger partial charge is 0.349 e. The van der Waals surface area contributed by atoms with E-state index in [0.717, 1.165) is 32.8 Å². The Labute approximate surface area is 217 Å². The molecule has 1 aliphatic carbocycles. The summed E-state index contributed by atoms with van der Waals surface area (Å²) in [4.78, 5) is 30.7. The molecule has 0 radical (unpaired) electrons. The predicted molar refractivity (Wildman–Crippen MR) is 142 cm³/mol. The van der Waals surface area contributed by atoms with Crippen LogP contribution in [0.1, 0.15) is 49.8 Å². The van der Waals surface area contributed by atoms with Gasteiger partial charge in [0.1, 0.15) is 5.75 Å². The third kappa shape index (κ3) is 4.70. The van der Waals surface area contributed by atoms with Crippen LogP contribution in [0.15, 0.2) is 46.0 Å². The second-order valence-corrected chi connectivity index (χ2v) is 10.2. The molecular formula is C26H25Cl2N5O3. The molecule has 2 heterocycles. The van der Waals surface area contributed by atoms with Crippen LogP contribution < -0.4 is 21.7 Å². The number of hydrogen-bond donors (Lipinski definition) is 2. The summed E-state index contributed by atoms with van der Waals surface area (Å²) in [6, 6.07) is 10.8. The Bertz CT molecular complexity index is 1570. The average Bonchev–Trinajstić information content (AvgIpc) is 2.83. The molecule has 1 saturated carbocycles. The Morgan fingerprint density at radius 2 is 1.86 bits per heavy atom. The fraction of sp³-hybridized carbons (Fsp3) is 0.308. The lowest BCUT2D eigenvalue weighted by Crippen LogP contribution is -2.33. The zero-order valence-corrected chi connectivity index (χ0v) is 21.4. The maximum atomic E-state index is 12.2. The van der Waals surface area contributed by atoms with E-state index in [1.807, 2.05) is 18.2 Å². The molecular weight excluding hydrogens is 501 g/mol. The van der Waals surface area contributed by atoms with Crippen molar-refractivity contribution in [1.29, 1.82) is 0 Å². The molecule has 1 fully saturated rings. The van der Waals surface area contributed by atoms with E-state index >= 15 is 0 Å². The number of aryl methyl sites for hydroxylation is 1. The second-order valence-electron chi connectivity index (χ2n) is 9.41. The number of nitrogen functional groups attached to an aromatic ring is 1. The van der Waals surface area contributed by atoms with Crippen LogP contribution in [0.4, 0.5) is 5.82 Å². The van der Waals surface area contributed by atoms with Crippen molar-refractivity contribution in [3.63, 3.8) is 0 Å². The van der Waals surface area contributed by atoms with Gasteiger partial charge in [0.25, 0.3) is 5.56 Å². The molecule has 1 aliphatic rings. The van der Waals surface area contributed by atoms with Crippen LogP contribution in [0.25, 0.3) is 16.6 Å². The summed E-state index contributed by atoms with van der Waals surface area (Å²) in [7, 11) is 0. The van der Waals surface area contributed by atoms with E-state index in [-0.39, 0.29) is 27.3 Å². The standard InChI is InChI=1S/C26H25Cl2N5O3/c1-13-4-3-5-15(8-13)22-9-14(2)18-12-17(6-7-21(18)30-22)36-23-19(27)10-16(11-20(23)28)33-26(35)31-25(34)24(29)32-33/h6-7,9-13,15H,3-5,8H2,1-2H3,(H2,29,32)(H,31,34,35). The van der Waals surface area contributed by atoms with Crippen molar-refractivity contribution in [1.82, 2.24) is 19.7 Å². The quantitative estimate of drug-likeness (QED) is 0.350. The molecule has 0 aliphatic heterocycles. The summed E-state index contributed by atoms with van der Waals surface area (Å²) in [5.41, 5.74) is 7.45. The third-order valence-corrected chi connectivity index (χ3v) is 7.22. The van der Waals surface area contributed by atoms with Crippen LogP contribution in [0.3, 0.4) is 0 Å². The van der Waals surface area contributed by atoms with Crippen molar-refractivity contribution in [3.8, 4) is 17.2 Å². The van der Waals surface area contributed by atoms with Gasteiger partial charge in [-0.25, -0.2) is 4.79 Å². The minimum absolute atomic E-state index is 0.160. The number of nitrogens with zero attached hydrogens (tertiary/aromatic N) is 3. The van der Waals surface area contributed by atoms with E-state index in [9.17, 15) is 9.59 Å². The molecule has 0 spiro atoms. The molecule has 0 saturated heterocycles. The first-order chi connectivity index (χ1) is 17.2. The van der Waals surface area contributed by atoms with Crippen LogP contribution in [-0.4, -0.2) is 19.7 Å². The number of rotatable bonds is 4. The molecule has 10 heteroatoms. The number of aromatic amines is 1. The van der Waals surface area contributed by atoms with Gasteiger partial charge in [-0.15, -0.1) is 5.10 Å². The SMILES string of the molecule is Cc1cc(C2CCCC(C)C2)nc2ccc(Oc3c(Cl)cc(-n4nc(N)c(=O)[nH]c4=O)cc3Cl)cc12. The molecule has 4 aromatic rings. The molecule has 2 aromatic carbocycles. The number of aromatic nitrogens is 4. The summed E-state index contributed by atoms with van der Waals surface area (Å²) < 4.78 is 6.96. The number of H-pyrrole nitrogens is 1. The Hall–Kier alpha value is -3.36. The third-order valence-electron chi connectivity index (χ3n) is 6.66. The maximum Gasteiger partial charge on any atom is 0.349 e. The van der Waals surface area contributed by atoms with Gasteiger partial charge in [0.05, 0.1) is 21.2 Å². The summed E-state index contributed by atoms with van der Waals surface area (Å²) in [5, 5.41) is 5.11. The number of pyridine rings is 1. The minimum Gasteiger partial charge on any atom is -0.454 e. The highest BCUT2D eigenvalue weighted by Crippen LogP contribution is 2.40. The maximum absolute atomic E-state index is 12.2. The monoisotopic (exact) mass is 525 g/mol. The van der Waals surface area contributed by atoms with Crippen molar-refractivity contribution in [2.24, 2.45) is 5.92 Å². The van der Waals surface area contributed by atoms with E-state index in [0.29, 0.717) is 11.7 Å². The molecule has 0 bridgehead atoms. The van der Waals surface area contributed by atoms with Crippen molar-refractivity contribution in [3.05, 3.63) is 78.5 Å². The van der Waals surface area contributed by atoms with E-state index < -0.39 is 11.2 Å². The van der Waals surface area contributed by atoms with Gasteiger partial charge >= 0.3 is 5.69 Å². The summed E-state index contributed by atoms with van der Waals surface area (Å²) in [6.45, 7) is 4.40. The Balaban J connectivity index is 1.46. The molecule has 36 heavy (non-hydrogen) atoms. The number of ether oxygens (including phenoxy) is 1. The highest BCUT2D eigenvalue weighted by atomic mass is 35.5. The molecule has 5 rings (SSSR count). The topological polar surface area (TPSA) is 116 Å². The van der Waals surface area contributed by atoms with Crippen LogP contribution in [0.2, 0.25) is 10.0 Å². The number of hydrogen-bond acceptors (Lipinski definition) is 6. The van der Waals surface area contributed by atoms with Crippen LogP contribution in [-0.2, 0) is 0 Å². The first-order valence-corrected chi connectivity index (χ1v) is 12.5. The van der Waals surface area contributed by atoms with Gasteiger partial charge in [-0.2, -0.15) is 4.68 Å². The van der Waals surface area contributed by atoms with E-state index in [4.69, 9.17) is 38.7 Å². The number of halogens is 2. The normalized spacial score (nSPS) is 17.9. The first-order valence-electron chi connectivity index (χ1n) is 11.8. The largest absolute Gasteiger partial charge is 0.454 e. The summed E-state index contributed by atoms with van der Waals surface area (Å²) in [6.07, 6.45) is 4.91. The lowest BCUT2D eigenvalue weighted by atomic mass is 9.80. The zero-order chi connectivity index (χ0) is 25.6. The summed E-state index contributed by atoms with van der Waals surface area (Å²) >= 11 is 12.9. The lowest BCUT2D eigenvalue weighted by molar-refractivity contribution is 0.340. The van der Waals surface area contributed by atoms with E-state index in [2.05, 4.69) is 30.0 Å². The van der Waals surface area contributed by atoms with Crippen LogP contribution in [0, 0.1) is 12.8 Å². The number of benzene rings is 2. The van der Waals surface area contributed by atoms with Gasteiger partial charge in [-0.1, -0.05) is 43.0 Å². The number of nitrogens with two attached hydrogens (primary N) is 1. The molecule has 186 valence electrons. The van der Waals surface area contributed by atoms with Crippen molar-refractivity contribution >= 4 is 39.9 Å². The fourth-order valence-electron chi connectivity index (χ4n) is 4.85. The van der Waals surface area contributed by atoms with Crippen molar-refractivity contribution < 1.29 is 4.74 Å². The zero-order valence-electron chi connectivity index (χ0n) is 19.8. The fourth-order valence-corrected chi connectivity index (χ4v) is 5.40. The molecule has 0 amide bonds. The van der Waals surface area contributed by atoms with Crippen LogP contribution >= 0.6 is 23.2 Å². The summed E-state index contributed by atoms with van der Waals surface area (Å²) in [5.74, 6) is 1.65. The number of nitrogens with one attached hydrogen (secondary N) is 1. The Morgan fingerprint density at radius 1 is 1.11 bits per heavy atom. The van der Waals surface area contributed by atoms with Crippen LogP contribution in [0.5, 0.6) is 11.5 Å². The molecule has 2 atom stereocenters. The molecule has 3 N–H and O–H groups in total. The number of fused-ring (bicyclic) bond motifs is 1. The van der Waals surface area contributed by atoms with Gasteiger partial charge in [0.2, 0.25) is 5.82 Å². The highest BCUT2D eigenvalue weighted by Gasteiger charge is 2.22. The van der Waals surface area contributed by atoms with Gasteiger partial charge in [-0.05, 0) is 67.6 Å². The average molecular weight is 526 g/mol. The minimum atomic E-state index is -0.769. The first kappa shape index (κ1) is 24.3. The second kappa shape index (κ2) is 9.59. The van der Waals surface area contributed by atoms with Crippen molar-refractivity contribution in [2.45, 2.75) is 45.4 Å². The van der Waals surface area contributed by atoms with Crippen molar-refractivity contribution in [2.75, 3.05) is 5.73 Å². The Morgan fingerprint density at radius 3 is 2.58 bits per heavy atom. The van der Waals surface area contributed by atoms with Gasteiger partial charge < -0.3 is 10.5 Å². The molecule has 2 unspecified atom stereocenters. The molecule has 8 nitrogen and oxygen atoms in total. The number of anilines is 1. The highest BCUT2D eigenvalue weighted by molar-refractivity contribution is 6.37. The van der Waals surface area contributed by atoms with Gasteiger partial charge in [-0.3, -0.25) is 14.8 Å². The van der Waals surface area contributed by atoms with E-state index in [1.54, 1.807) is 0 Å². The van der Waals surface area contributed by atoms with E-state index in [1.165, 1.54) is 37.8 Å². The lowest BCUT2D eigenvalue weighted by Gasteiger charge is -2.26. The molecule has 2 aromatic heterocycles. The van der Waals surface area contributed by atoms with Gasteiger partial charge in [0.15, 0.2) is 5.75 Å². The predicted octanol–water partition coefficient (Wildman–Crippen LogP) is 5.75. The van der Waals surface area contributed by atoms with Gasteiger partial charge in [0, 0.05) is 17.0 Å². The Kier molecular flexibility index (Phi) is 6.49.